The van der Waals surface area contributed by atoms with Crippen LogP contribution in [0.5, 0.6) is 0 Å². The van der Waals surface area contributed by atoms with Gasteiger partial charge in [-0.3, -0.25) is 10.00 Å². The maximum Gasteiger partial charge on any atom is 0.412 e. The fraction of sp³-hybridized carbons (Fsp3) is 0.692. The van der Waals surface area contributed by atoms with Crippen LogP contribution in [0.1, 0.15) is 44.4 Å². The molecule has 1 saturated carbocycles. The van der Waals surface area contributed by atoms with Crippen LogP contribution in [0.4, 0.5) is 19.4 Å². The minimum absolute atomic E-state index is 0.0577. The molecule has 1 heterocycles. The molecular formula is C13H17F2N3O2. The van der Waals surface area contributed by atoms with Crippen molar-refractivity contribution in [1.29, 1.82) is 0 Å². The number of nitrogens with zero attached hydrogens (tertiary/aromatic N) is 2. The second kappa shape index (κ2) is 3.71. The Morgan fingerprint density at radius 3 is 2.70 bits per heavy atom. The van der Waals surface area contributed by atoms with Gasteiger partial charge in [0, 0.05) is 11.5 Å². The number of halogens is 2. The molecule has 1 unspecified atom stereocenters. The molecule has 5 nitrogen and oxygen atoms in total. The van der Waals surface area contributed by atoms with Crippen molar-refractivity contribution < 1.29 is 18.3 Å². The number of anilines is 1. The lowest BCUT2D eigenvalue weighted by Gasteiger charge is -2.25. The standard InChI is InChI=1S/C13H17F2N3O2/c1-12(2,3)18-9-8(6-5-7(6)13(9,14)15)10(17-18)16-11(19)20-4/h6-7H,5H2,1-4H3,(H,16,17,19)/t6-,7?/m0/s1. The van der Waals surface area contributed by atoms with Crippen LogP contribution in [0.3, 0.4) is 0 Å². The molecule has 110 valence electrons. The first-order chi connectivity index (χ1) is 9.17. The molecule has 0 aromatic carbocycles. The lowest BCUT2D eigenvalue weighted by atomic mass is 10.1. The number of carbonyl (C=O) groups is 1. The number of nitrogens with one attached hydrogen (secondary N) is 1. The monoisotopic (exact) mass is 285 g/mol. The third-order valence-corrected chi connectivity index (χ3v) is 3.91. The zero-order valence-corrected chi connectivity index (χ0v) is 11.8. The van der Waals surface area contributed by atoms with E-state index >= 15 is 0 Å². The van der Waals surface area contributed by atoms with Gasteiger partial charge in [-0.05, 0) is 33.1 Å². The van der Waals surface area contributed by atoms with Crippen molar-refractivity contribution in [1.82, 2.24) is 9.78 Å². The second-order valence-corrected chi connectivity index (χ2v) is 6.38. The molecule has 1 aromatic heterocycles. The van der Waals surface area contributed by atoms with Gasteiger partial charge >= 0.3 is 6.09 Å². The highest BCUT2D eigenvalue weighted by Crippen LogP contribution is 2.68. The second-order valence-electron chi connectivity index (χ2n) is 6.38. The molecule has 0 bridgehead atoms. The molecule has 0 spiro atoms. The maximum atomic E-state index is 14.4. The molecular weight excluding hydrogens is 268 g/mol. The SMILES string of the molecule is COC(=O)Nc1nn(C(C)(C)C)c2c1[C@H]1CC1C2(F)F. The van der Waals surface area contributed by atoms with Crippen molar-refractivity contribution in [3.63, 3.8) is 0 Å². The van der Waals surface area contributed by atoms with Gasteiger partial charge in [0.15, 0.2) is 5.82 Å². The van der Waals surface area contributed by atoms with Crippen LogP contribution >= 0.6 is 0 Å². The lowest BCUT2D eigenvalue weighted by Crippen LogP contribution is -2.30. The Bertz CT molecular complexity index is 589. The molecule has 2 atom stereocenters. The topological polar surface area (TPSA) is 56.1 Å². The Hall–Kier alpha value is -1.66. The maximum absolute atomic E-state index is 14.4. The number of ether oxygens (including phenoxy) is 1. The van der Waals surface area contributed by atoms with Gasteiger partial charge < -0.3 is 4.74 Å². The van der Waals surface area contributed by atoms with E-state index in [0.717, 1.165) is 0 Å². The first-order valence-electron chi connectivity index (χ1n) is 6.54. The summed E-state index contributed by atoms with van der Waals surface area (Å²) in [5.74, 6) is -3.53. The molecule has 20 heavy (non-hydrogen) atoms. The van der Waals surface area contributed by atoms with Crippen LogP contribution in [-0.4, -0.2) is 23.0 Å². The number of fused-ring (bicyclic) bond motifs is 3. The van der Waals surface area contributed by atoms with Gasteiger partial charge in [0.25, 0.3) is 5.92 Å². The number of rotatable bonds is 1. The first kappa shape index (κ1) is 13.3. The molecule has 0 aliphatic heterocycles. The van der Waals surface area contributed by atoms with Gasteiger partial charge in [-0.1, -0.05) is 0 Å². The minimum atomic E-state index is -2.88. The van der Waals surface area contributed by atoms with Gasteiger partial charge in [0.05, 0.1) is 12.6 Å². The van der Waals surface area contributed by atoms with Crippen LogP contribution in [0.2, 0.25) is 0 Å². The number of amides is 1. The molecule has 3 rings (SSSR count). The number of alkyl halides is 2. The van der Waals surface area contributed by atoms with Gasteiger partial charge in [0.2, 0.25) is 0 Å². The van der Waals surface area contributed by atoms with Crippen molar-refractivity contribution in [3.05, 3.63) is 11.3 Å². The van der Waals surface area contributed by atoms with E-state index in [9.17, 15) is 13.6 Å². The molecule has 1 fully saturated rings. The Morgan fingerprint density at radius 2 is 2.15 bits per heavy atom. The highest BCUT2D eigenvalue weighted by atomic mass is 19.3. The molecule has 2 aliphatic rings. The molecule has 1 amide bonds. The Balaban J connectivity index is 2.14. The molecule has 0 saturated heterocycles. The normalized spacial score (nSPS) is 25.9. The van der Waals surface area contributed by atoms with E-state index in [-0.39, 0.29) is 17.4 Å². The summed E-state index contributed by atoms with van der Waals surface area (Å²) in [6.45, 7) is 5.42. The summed E-state index contributed by atoms with van der Waals surface area (Å²) >= 11 is 0. The van der Waals surface area contributed by atoms with Crippen LogP contribution in [0.15, 0.2) is 0 Å². The first-order valence-corrected chi connectivity index (χ1v) is 6.54. The fourth-order valence-electron chi connectivity index (χ4n) is 2.92. The number of hydrogen-bond donors (Lipinski definition) is 1. The van der Waals surface area contributed by atoms with Crippen molar-refractivity contribution in [2.24, 2.45) is 5.92 Å². The van der Waals surface area contributed by atoms with Gasteiger partial charge in [0.1, 0.15) is 5.69 Å². The van der Waals surface area contributed by atoms with Crippen LogP contribution in [0, 0.1) is 5.92 Å². The summed E-state index contributed by atoms with van der Waals surface area (Å²) in [5.41, 5.74) is -0.168. The largest absolute Gasteiger partial charge is 0.453 e. The van der Waals surface area contributed by atoms with Crippen LogP contribution in [0.25, 0.3) is 0 Å². The highest BCUT2D eigenvalue weighted by Gasteiger charge is 2.67. The molecule has 0 radical (unpaired) electrons. The van der Waals surface area contributed by atoms with Gasteiger partial charge in [-0.25, -0.2) is 4.79 Å². The average Bonchev–Trinajstić information content (AvgIpc) is 2.97. The van der Waals surface area contributed by atoms with Crippen molar-refractivity contribution in [3.8, 4) is 0 Å². The van der Waals surface area contributed by atoms with E-state index in [2.05, 4.69) is 15.2 Å². The average molecular weight is 285 g/mol. The molecule has 7 heteroatoms. The van der Waals surface area contributed by atoms with E-state index in [1.165, 1.54) is 11.8 Å². The summed E-state index contributed by atoms with van der Waals surface area (Å²) in [6.07, 6.45) is -0.245. The third kappa shape index (κ3) is 1.65. The van der Waals surface area contributed by atoms with E-state index in [1.54, 1.807) is 0 Å². The molecule has 1 aromatic rings. The molecule has 1 N–H and O–H groups in total. The van der Waals surface area contributed by atoms with E-state index in [0.29, 0.717) is 12.0 Å². The van der Waals surface area contributed by atoms with Crippen molar-refractivity contribution in [2.75, 3.05) is 12.4 Å². The predicted octanol–water partition coefficient (Wildman–Crippen LogP) is 3.03. The zero-order chi connectivity index (χ0) is 14.9. The number of aromatic nitrogens is 2. The smallest absolute Gasteiger partial charge is 0.412 e. The predicted molar refractivity (Wildman–Crippen MR) is 68.0 cm³/mol. The van der Waals surface area contributed by atoms with Gasteiger partial charge in [-0.15, -0.1) is 0 Å². The fourth-order valence-corrected chi connectivity index (χ4v) is 2.92. The van der Waals surface area contributed by atoms with Crippen LogP contribution in [-0.2, 0) is 16.2 Å². The zero-order valence-electron chi connectivity index (χ0n) is 11.8. The lowest BCUT2D eigenvalue weighted by molar-refractivity contribution is -0.0342. The van der Waals surface area contributed by atoms with Crippen LogP contribution < -0.4 is 5.32 Å². The number of carbonyl (C=O) groups excluding carboxylic acids is 1. The Kier molecular flexibility index (Phi) is 2.47. The summed E-state index contributed by atoms with van der Waals surface area (Å²) in [4.78, 5) is 11.4. The quantitative estimate of drug-likeness (QED) is 0.863. The number of hydrogen-bond acceptors (Lipinski definition) is 3. The summed E-state index contributed by atoms with van der Waals surface area (Å²) < 4.78 is 34.6. The summed E-state index contributed by atoms with van der Waals surface area (Å²) in [7, 11) is 1.23. The minimum Gasteiger partial charge on any atom is -0.453 e. The van der Waals surface area contributed by atoms with Crippen molar-refractivity contribution in [2.45, 2.75) is 44.6 Å². The highest BCUT2D eigenvalue weighted by molar-refractivity contribution is 5.85. The molecule has 2 aliphatic carbocycles. The third-order valence-electron chi connectivity index (χ3n) is 3.91. The number of methoxy groups -OCH3 is 1. The summed E-state index contributed by atoms with van der Waals surface area (Å²) in [5, 5.41) is 6.64. The van der Waals surface area contributed by atoms with Gasteiger partial charge in [-0.2, -0.15) is 13.9 Å². The van der Waals surface area contributed by atoms with E-state index in [4.69, 9.17) is 0 Å². The Labute approximate surface area is 115 Å². The van der Waals surface area contributed by atoms with E-state index in [1.807, 2.05) is 20.8 Å². The van der Waals surface area contributed by atoms with E-state index < -0.39 is 23.5 Å². The Morgan fingerprint density at radius 1 is 1.50 bits per heavy atom. The van der Waals surface area contributed by atoms with Crippen molar-refractivity contribution >= 4 is 11.9 Å². The summed E-state index contributed by atoms with van der Waals surface area (Å²) in [6, 6.07) is 0.